The maximum absolute atomic E-state index is 5.19. The fraction of sp³-hybridized carbons (Fsp3) is 0.400. The summed E-state index contributed by atoms with van der Waals surface area (Å²) < 4.78 is 0. The summed E-state index contributed by atoms with van der Waals surface area (Å²) in [6.07, 6.45) is 0. The van der Waals surface area contributed by atoms with Crippen LogP contribution in [0.25, 0.3) is 0 Å². The first-order valence-electron chi connectivity index (χ1n) is 2.34. The Hall–Kier alpha value is -0.990. The molecule has 0 spiro atoms. The number of nitrogens with one attached hydrogen (secondary N) is 1. The van der Waals surface area contributed by atoms with Crippen LogP contribution in [0.1, 0.15) is 13.8 Å². The molecule has 0 aliphatic heterocycles. The first kappa shape index (κ1) is 7.01. The largest absolute Gasteiger partial charge is 0.386 e. The molecule has 0 aliphatic carbocycles. The number of hydrazone groups is 1. The monoisotopic (exact) mass is 113 g/mol. The molecule has 0 unspecified atom stereocenters. The predicted molar refractivity (Wildman–Crippen MR) is 35.2 cm³/mol. The number of hydrogen-bond donors (Lipinski definition) is 2. The average molecular weight is 113 g/mol. The van der Waals surface area contributed by atoms with Gasteiger partial charge < -0.3 is 5.73 Å². The third-order valence-electron chi connectivity index (χ3n) is 0.423. The van der Waals surface area contributed by atoms with Crippen LogP contribution in [0.4, 0.5) is 0 Å². The van der Waals surface area contributed by atoms with Crippen LogP contribution >= 0.6 is 0 Å². The van der Waals surface area contributed by atoms with Gasteiger partial charge >= 0.3 is 0 Å². The first-order chi connectivity index (χ1) is 3.63. The number of nitrogens with zero attached hydrogens (tertiary/aromatic N) is 1. The lowest BCUT2D eigenvalue weighted by Crippen LogP contribution is -2.12. The van der Waals surface area contributed by atoms with Gasteiger partial charge in [-0.15, -0.1) is 0 Å². The number of hydrogen-bond acceptors (Lipinski definition) is 2. The quantitative estimate of drug-likeness (QED) is 0.309. The minimum atomic E-state index is 0.507. The summed E-state index contributed by atoms with van der Waals surface area (Å²) in [6.45, 7) is 7.07. The van der Waals surface area contributed by atoms with Gasteiger partial charge in [-0.1, -0.05) is 6.58 Å². The Kier molecular flexibility index (Phi) is 2.69. The minimum absolute atomic E-state index is 0.507. The van der Waals surface area contributed by atoms with Crippen molar-refractivity contribution in [3.63, 3.8) is 0 Å². The molecule has 8 heavy (non-hydrogen) atoms. The first-order valence-corrected chi connectivity index (χ1v) is 2.34. The number of rotatable bonds is 2. The molecule has 0 aromatic heterocycles. The summed E-state index contributed by atoms with van der Waals surface area (Å²) in [4.78, 5) is 0. The van der Waals surface area contributed by atoms with E-state index in [1.54, 1.807) is 6.92 Å². The molecule has 0 aromatic carbocycles. The van der Waals surface area contributed by atoms with Crippen molar-refractivity contribution in [3.05, 3.63) is 12.3 Å². The van der Waals surface area contributed by atoms with Gasteiger partial charge in [0, 0.05) is 5.70 Å². The zero-order chi connectivity index (χ0) is 6.57. The lowest BCUT2D eigenvalue weighted by Gasteiger charge is -1.94. The smallest absolute Gasteiger partial charge is 0.116 e. The highest BCUT2D eigenvalue weighted by Crippen LogP contribution is 1.75. The predicted octanol–water partition coefficient (Wildman–Crippen LogP) is 0.402. The third-order valence-corrected chi connectivity index (χ3v) is 0.423. The second-order valence-corrected chi connectivity index (χ2v) is 1.65. The van der Waals surface area contributed by atoms with Crippen molar-refractivity contribution >= 4 is 5.84 Å². The van der Waals surface area contributed by atoms with Gasteiger partial charge in [-0.05, 0) is 13.8 Å². The Morgan fingerprint density at radius 2 is 2.12 bits per heavy atom. The van der Waals surface area contributed by atoms with E-state index < -0.39 is 0 Å². The summed E-state index contributed by atoms with van der Waals surface area (Å²) in [6, 6.07) is 0. The van der Waals surface area contributed by atoms with E-state index in [-0.39, 0.29) is 0 Å². The maximum Gasteiger partial charge on any atom is 0.116 e. The summed E-state index contributed by atoms with van der Waals surface area (Å²) in [5, 5.41) is 3.67. The normalized spacial score (nSPS) is 11.0. The Balaban J connectivity index is 3.45. The van der Waals surface area contributed by atoms with E-state index in [4.69, 9.17) is 5.73 Å². The lowest BCUT2D eigenvalue weighted by molar-refractivity contribution is 0.888. The second kappa shape index (κ2) is 3.07. The molecule has 46 valence electrons. The van der Waals surface area contributed by atoms with E-state index in [1.807, 2.05) is 6.92 Å². The fourth-order valence-corrected chi connectivity index (χ4v) is 0.184. The number of allylic oxidation sites excluding steroid dienone is 1. The molecule has 0 atom stereocenters. The van der Waals surface area contributed by atoms with E-state index >= 15 is 0 Å². The van der Waals surface area contributed by atoms with Crippen molar-refractivity contribution in [2.75, 3.05) is 0 Å². The zero-order valence-corrected chi connectivity index (χ0v) is 5.23. The Labute approximate surface area is 49.3 Å². The molecule has 0 aliphatic rings. The molecule has 0 aromatic rings. The van der Waals surface area contributed by atoms with Crippen molar-refractivity contribution in [2.24, 2.45) is 10.8 Å². The second-order valence-electron chi connectivity index (χ2n) is 1.65. The van der Waals surface area contributed by atoms with Gasteiger partial charge in [-0.25, -0.2) is 0 Å². The van der Waals surface area contributed by atoms with E-state index in [0.717, 1.165) is 5.70 Å². The highest BCUT2D eigenvalue weighted by molar-refractivity contribution is 5.77. The minimum Gasteiger partial charge on any atom is -0.386 e. The molecule has 0 bridgehead atoms. The molecular formula is C5H11N3. The highest BCUT2D eigenvalue weighted by Gasteiger charge is 1.76. The van der Waals surface area contributed by atoms with Crippen LogP contribution in [-0.2, 0) is 0 Å². The molecule has 0 rings (SSSR count). The van der Waals surface area contributed by atoms with Gasteiger partial charge in [0.15, 0.2) is 0 Å². The van der Waals surface area contributed by atoms with Crippen LogP contribution in [0.3, 0.4) is 0 Å². The molecule has 0 heterocycles. The van der Waals surface area contributed by atoms with Crippen LogP contribution in [0.15, 0.2) is 17.4 Å². The number of amidine groups is 1. The van der Waals surface area contributed by atoms with Gasteiger partial charge in [0.2, 0.25) is 0 Å². The molecule has 0 radical (unpaired) electrons. The fourth-order valence-electron chi connectivity index (χ4n) is 0.184. The Morgan fingerprint density at radius 1 is 1.62 bits per heavy atom. The van der Waals surface area contributed by atoms with Crippen molar-refractivity contribution in [1.82, 2.24) is 5.43 Å². The number of nitrogens with two attached hydrogens (primary N) is 1. The lowest BCUT2D eigenvalue weighted by atomic mass is 10.6. The summed E-state index contributed by atoms with van der Waals surface area (Å²) >= 11 is 0. The van der Waals surface area contributed by atoms with Gasteiger partial charge in [0.25, 0.3) is 0 Å². The SMILES string of the molecule is C=C(C)N/N=C(/C)N. The van der Waals surface area contributed by atoms with Crippen molar-refractivity contribution in [1.29, 1.82) is 0 Å². The van der Waals surface area contributed by atoms with Gasteiger partial charge in [-0.2, -0.15) is 5.10 Å². The highest BCUT2D eigenvalue weighted by atomic mass is 15.3. The van der Waals surface area contributed by atoms with Crippen molar-refractivity contribution < 1.29 is 0 Å². The standard InChI is InChI=1S/C5H11N3/c1-4(2)7-8-5(3)6/h7H,1H2,2-3H3,(H2,6,8). The van der Waals surface area contributed by atoms with Crippen LogP contribution in [-0.4, -0.2) is 5.84 Å². The molecule has 0 saturated heterocycles. The maximum atomic E-state index is 5.19. The summed E-state index contributed by atoms with van der Waals surface area (Å²) in [5.41, 5.74) is 8.59. The zero-order valence-electron chi connectivity index (χ0n) is 5.23. The van der Waals surface area contributed by atoms with Crippen LogP contribution in [0.2, 0.25) is 0 Å². The topological polar surface area (TPSA) is 50.4 Å². The van der Waals surface area contributed by atoms with Crippen LogP contribution < -0.4 is 11.2 Å². The van der Waals surface area contributed by atoms with Gasteiger partial charge in [0.1, 0.15) is 5.84 Å². The van der Waals surface area contributed by atoms with Gasteiger partial charge in [-0.3, -0.25) is 5.43 Å². The Bertz CT molecular complexity index is 111. The molecule has 3 heteroatoms. The van der Waals surface area contributed by atoms with Crippen molar-refractivity contribution in [3.8, 4) is 0 Å². The molecular weight excluding hydrogens is 102 g/mol. The van der Waals surface area contributed by atoms with Crippen molar-refractivity contribution in [2.45, 2.75) is 13.8 Å². The average Bonchev–Trinajstić information content (AvgIpc) is 1.61. The van der Waals surface area contributed by atoms with E-state index in [0.29, 0.717) is 5.84 Å². The molecule has 0 amide bonds. The molecule has 3 nitrogen and oxygen atoms in total. The molecule has 0 saturated carbocycles. The Morgan fingerprint density at radius 3 is 2.25 bits per heavy atom. The van der Waals surface area contributed by atoms with E-state index in [2.05, 4.69) is 17.1 Å². The third kappa shape index (κ3) is 5.01. The van der Waals surface area contributed by atoms with Crippen LogP contribution in [0.5, 0.6) is 0 Å². The summed E-state index contributed by atoms with van der Waals surface area (Å²) in [7, 11) is 0. The molecule has 3 N–H and O–H groups in total. The van der Waals surface area contributed by atoms with Gasteiger partial charge in [0.05, 0.1) is 0 Å². The summed E-state index contributed by atoms with van der Waals surface area (Å²) in [5.74, 6) is 0.507. The van der Waals surface area contributed by atoms with Crippen LogP contribution in [0, 0.1) is 0 Å². The van der Waals surface area contributed by atoms with E-state index in [1.165, 1.54) is 0 Å². The van der Waals surface area contributed by atoms with E-state index in [9.17, 15) is 0 Å². The molecule has 0 fully saturated rings.